The number of primary amides is 1. The van der Waals surface area contributed by atoms with Crippen molar-refractivity contribution in [2.45, 2.75) is 6.41 Å². The molecule has 0 spiro atoms. The molecule has 2 amide bonds. The van der Waals surface area contributed by atoms with Crippen LogP contribution in [0.2, 0.25) is 0 Å². The Labute approximate surface area is 73.2 Å². The Bertz CT molecular complexity index is 245. The summed E-state index contributed by atoms with van der Waals surface area (Å²) < 4.78 is 9.59. The third kappa shape index (κ3) is 2.49. The average molecular weight is 188 g/mol. The largest absolute Gasteiger partial charge is 0.363 e. The van der Waals surface area contributed by atoms with E-state index >= 15 is 0 Å². The van der Waals surface area contributed by atoms with E-state index in [1.807, 2.05) is 5.32 Å². The van der Waals surface area contributed by atoms with Crippen LogP contribution in [0.1, 0.15) is 0 Å². The van der Waals surface area contributed by atoms with E-state index in [0.717, 1.165) is 0 Å². The van der Waals surface area contributed by atoms with E-state index in [1.54, 1.807) is 0 Å². The zero-order valence-electron chi connectivity index (χ0n) is 6.61. The molecule has 0 aromatic heterocycles. The van der Waals surface area contributed by atoms with Crippen LogP contribution in [0.25, 0.3) is 0 Å². The molecule has 1 aliphatic heterocycles. The van der Waals surface area contributed by atoms with Crippen LogP contribution in [0.15, 0.2) is 0 Å². The normalized spacial score (nSPS) is 16.9. The van der Waals surface area contributed by atoms with Crippen LogP contribution >= 0.6 is 0 Å². The first-order chi connectivity index (χ1) is 6.11. The first-order valence-corrected chi connectivity index (χ1v) is 3.49. The third-order valence-electron chi connectivity index (χ3n) is 1.30. The standard InChI is InChI=1S/C6H8N2O5/c7-4(10)3(9)5(11)8-6-12-1-2-13-6/h6H,1-2H2,(H2,7,10)(H,8,11). The topological polar surface area (TPSA) is 108 Å². The van der Waals surface area contributed by atoms with Crippen LogP contribution < -0.4 is 11.1 Å². The third-order valence-corrected chi connectivity index (χ3v) is 1.30. The van der Waals surface area contributed by atoms with Crippen molar-refractivity contribution in [1.29, 1.82) is 0 Å². The zero-order chi connectivity index (χ0) is 9.84. The molecule has 72 valence electrons. The monoisotopic (exact) mass is 188 g/mol. The molecule has 7 nitrogen and oxygen atoms in total. The number of hydrogen-bond acceptors (Lipinski definition) is 5. The molecule has 7 heteroatoms. The van der Waals surface area contributed by atoms with Crippen LogP contribution in [0.4, 0.5) is 0 Å². The van der Waals surface area contributed by atoms with Crippen molar-refractivity contribution in [2.75, 3.05) is 13.2 Å². The van der Waals surface area contributed by atoms with Gasteiger partial charge in [-0.25, -0.2) is 0 Å². The van der Waals surface area contributed by atoms with Crippen LogP contribution in [-0.2, 0) is 23.9 Å². The van der Waals surface area contributed by atoms with Crippen molar-refractivity contribution >= 4 is 17.6 Å². The van der Waals surface area contributed by atoms with Gasteiger partial charge in [0.1, 0.15) is 0 Å². The summed E-state index contributed by atoms with van der Waals surface area (Å²) in [6.07, 6.45) is -0.962. The molecule has 0 radical (unpaired) electrons. The van der Waals surface area contributed by atoms with Crippen LogP contribution in [0.5, 0.6) is 0 Å². The molecule has 13 heavy (non-hydrogen) atoms. The molecular formula is C6H8N2O5. The summed E-state index contributed by atoms with van der Waals surface area (Å²) in [6, 6.07) is 0. The summed E-state index contributed by atoms with van der Waals surface area (Å²) in [5.74, 6) is -3.76. The van der Waals surface area contributed by atoms with Gasteiger partial charge < -0.3 is 20.5 Å². The summed E-state index contributed by atoms with van der Waals surface area (Å²) in [6.45, 7) is 0.658. The number of amides is 2. The molecule has 1 saturated heterocycles. The minimum Gasteiger partial charge on any atom is -0.363 e. The van der Waals surface area contributed by atoms with Gasteiger partial charge in [-0.05, 0) is 0 Å². The maximum Gasteiger partial charge on any atom is 0.307 e. The lowest BCUT2D eigenvalue weighted by molar-refractivity contribution is -0.149. The molecule has 0 unspecified atom stereocenters. The van der Waals surface area contributed by atoms with Gasteiger partial charge in [-0.3, -0.25) is 14.4 Å². The molecule has 0 aromatic carbocycles. The van der Waals surface area contributed by atoms with Gasteiger partial charge in [0.05, 0.1) is 13.2 Å². The molecule has 1 rings (SSSR count). The number of hydrogen-bond donors (Lipinski definition) is 2. The molecular weight excluding hydrogens is 180 g/mol. The first-order valence-electron chi connectivity index (χ1n) is 3.49. The van der Waals surface area contributed by atoms with Crippen molar-refractivity contribution in [1.82, 2.24) is 5.32 Å². The first kappa shape index (κ1) is 9.62. The average Bonchev–Trinajstić information content (AvgIpc) is 2.55. The zero-order valence-corrected chi connectivity index (χ0v) is 6.61. The van der Waals surface area contributed by atoms with Gasteiger partial charge in [-0.1, -0.05) is 0 Å². The summed E-state index contributed by atoms with van der Waals surface area (Å²) in [5.41, 5.74) is 4.58. The molecule has 1 heterocycles. The molecule has 1 fully saturated rings. The number of nitrogens with one attached hydrogen (secondary N) is 1. The van der Waals surface area contributed by atoms with Gasteiger partial charge in [0.25, 0.3) is 5.91 Å². The number of carbonyl (C=O) groups is 3. The number of rotatable bonds is 3. The Morgan fingerprint density at radius 3 is 2.23 bits per heavy atom. The van der Waals surface area contributed by atoms with E-state index in [2.05, 4.69) is 5.73 Å². The second-order valence-corrected chi connectivity index (χ2v) is 2.24. The molecule has 0 aromatic rings. The van der Waals surface area contributed by atoms with Crippen molar-refractivity contribution in [3.8, 4) is 0 Å². The van der Waals surface area contributed by atoms with Crippen LogP contribution in [-0.4, -0.2) is 37.2 Å². The highest BCUT2D eigenvalue weighted by molar-refractivity contribution is 6.62. The fourth-order valence-electron chi connectivity index (χ4n) is 0.726. The predicted molar refractivity (Wildman–Crippen MR) is 38.0 cm³/mol. The SMILES string of the molecule is NC(=O)C(=O)C(=O)NC1OCCO1. The number of Topliss-reactive ketones (excluding diaryl/α,β-unsaturated/α-hetero) is 1. The lowest BCUT2D eigenvalue weighted by atomic mass is 10.3. The second-order valence-electron chi connectivity index (χ2n) is 2.24. The van der Waals surface area contributed by atoms with Crippen molar-refractivity contribution in [3.63, 3.8) is 0 Å². The van der Waals surface area contributed by atoms with Gasteiger partial charge in [-0.15, -0.1) is 0 Å². The Morgan fingerprint density at radius 1 is 1.23 bits per heavy atom. The number of ether oxygens (including phenoxy) is 2. The van der Waals surface area contributed by atoms with Crippen molar-refractivity contribution in [3.05, 3.63) is 0 Å². The number of nitrogens with two attached hydrogens (primary N) is 1. The highest BCUT2D eigenvalue weighted by Crippen LogP contribution is 1.98. The lowest BCUT2D eigenvalue weighted by Gasteiger charge is -2.08. The lowest BCUT2D eigenvalue weighted by Crippen LogP contribution is -2.44. The van der Waals surface area contributed by atoms with E-state index in [4.69, 9.17) is 9.47 Å². The molecule has 0 saturated carbocycles. The van der Waals surface area contributed by atoms with Crippen molar-refractivity contribution < 1.29 is 23.9 Å². The fourth-order valence-corrected chi connectivity index (χ4v) is 0.726. The maximum atomic E-state index is 10.8. The second kappa shape index (κ2) is 3.97. The van der Waals surface area contributed by atoms with Crippen LogP contribution in [0, 0.1) is 0 Å². The van der Waals surface area contributed by atoms with Gasteiger partial charge >= 0.3 is 11.7 Å². The van der Waals surface area contributed by atoms with Gasteiger partial charge in [-0.2, -0.15) is 0 Å². The fraction of sp³-hybridized carbons (Fsp3) is 0.500. The van der Waals surface area contributed by atoms with E-state index < -0.39 is 24.0 Å². The minimum atomic E-state index is -1.32. The van der Waals surface area contributed by atoms with Crippen LogP contribution in [0.3, 0.4) is 0 Å². The summed E-state index contributed by atoms with van der Waals surface area (Å²) in [5, 5.41) is 2.03. The quantitative estimate of drug-likeness (QED) is 0.375. The van der Waals surface area contributed by atoms with E-state index in [9.17, 15) is 14.4 Å². The predicted octanol–water partition coefficient (Wildman–Crippen LogP) is -2.51. The summed E-state index contributed by atoms with van der Waals surface area (Å²) in [7, 11) is 0. The molecule has 0 atom stereocenters. The molecule has 3 N–H and O–H groups in total. The van der Waals surface area contributed by atoms with Gasteiger partial charge in [0.2, 0.25) is 6.41 Å². The molecule has 0 bridgehead atoms. The Morgan fingerprint density at radius 2 is 1.77 bits per heavy atom. The Hall–Kier alpha value is -1.47. The smallest absolute Gasteiger partial charge is 0.307 e. The highest BCUT2D eigenvalue weighted by Gasteiger charge is 2.25. The van der Waals surface area contributed by atoms with Crippen molar-refractivity contribution in [2.24, 2.45) is 5.73 Å². The molecule has 1 aliphatic rings. The van der Waals surface area contributed by atoms with E-state index in [1.165, 1.54) is 0 Å². The summed E-state index contributed by atoms with van der Waals surface area (Å²) >= 11 is 0. The summed E-state index contributed by atoms with van der Waals surface area (Å²) in [4.78, 5) is 31.7. The van der Waals surface area contributed by atoms with Gasteiger partial charge in [0, 0.05) is 0 Å². The number of carbonyl (C=O) groups excluding carboxylic acids is 3. The minimum absolute atomic E-state index is 0.329. The number of ketones is 1. The maximum absolute atomic E-state index is 10.8. The Balaban J connectivity index is 2.40. The Kier molecular flexibility index (Phi) is 2.93. The molecule has 0 aliphatic carbocycles. The highest BCUT2D eigenvalue weighted by atomic mass is 16.7. The van der Waals surface area contributed by atoms with E-state index in [-0.39, 0.29) is 0 Å². The van der Waals surface area contributed by atoms with E-state index in [0.29, 0.717) is 13.2 Å². The van der Waals surface area contributed by atoms with Gasteiger partial charge in [0.15, 0.2) is 0 Å².